The fourth-order valence-electron chi connectivity index (χ4n) is 1.42. The minimum Gasteiger partial charge on any atom is -0.370 e. The summed E-state index contributed by atoms with van der Waals surface area (Å²) in [5.41, 5.74) is 5.69. The van der Waals surface area contributed by atoms with Gasteiger partial charge in [-0.05, 0) is 13.0 Å². The molecule has 0 aliphatic rings. The highest BCUT2D eigenvalue weighted by atomic mass is 15.1. The summed E-state index contributed by atoms with van der Waals surface area (Å²) >= 11 is 0. The number of hydrogen-bond donors (Lipinski definition) is 3. The summed E-state index contributed by atoms with van der Waals surface area (Å²) < 4.78 is 0. The normalized spacial score (nSPS) is 9.80. The van der Waals surface area contributed by atoms with Crippen molar-refractivity contribution in [2.24, 2.45) is 5.73 Å². The Morgan fingerprint density at radius 2 is 1.95 bits per heavy atom. The third kappa shape index (κ3) is 3.86. The van der Waals surface area contributed by atoms with Gasteiger partial charge in [-0.3, -0.25) is 0 Å². The molecule has 2 heterocycles. The van der Waals surface area contributed by atoms with Gasteiger partial charge in [0.2, 0.25) is 0 Å². The molecule has 0 saturated carbocycles. The van der Waals surface area contributed by atoms with Crippen LogP contribution in [0, 0.1) is 11.3 Å². The number of aromatic nitrogens is 4. The average molecular weight is 270 g/mol. The van der Waals surface area contributed by atoms with E-state index in [-0.39, 0.29) is 5.69 Å². The zero-order valence-corrected chi connectivity index (χ0v) is 10.7. The zero-order chi connectivity index (χ0) is 14.2. The van der Waals surface area contributed by atoms with Crippen molar-refractivity contribution in [3.05, 3.63) is 30.5 Å². The smallest absolute Gasteiger partial charge is 0.158 e. The van der Waals surface area contributed by atoms with Gasteiger partial charge in [-0.2, -0.15) is 5.26 Å². The van der Waals surface area contributed by atoms with E-state index in [1.165, 1.54) is 18.7 Å². The fraction of sp³-hybridized carbons (Fsp3) is 0.250. The van der Waals surface area contributed by atoms with Crippen molar-refractivity contribution in [3.8, 4) is 6.07 Å². The van der Waals surface area contributed by atoms with Gasteiger partial charge >= 0.3 is 0 Å². The molecule has 8 nitrogen and oxygen atoms in total. The van der Waals surface area contributed by atoms with Crippen LogP contribution < -0.4 is 16.4 Å². The summed E-state index contributed by atoms with van der Waals surface area (Å²) in [5, 5.41) is 14.8. The lowest BCUT2D eigenvalue weighted by Crippen LogP contribution is -2.09. The highest BCUT2D eigenvalue weighted by Crippen LogP contribution is 2.13. The first-order chi connectivity index (χ1) is 9.81. The van der Waals surface area contributed by atoms with Gasteiger partial charge in [-0.15, -0.1) is 0 Å². The van der Waals surface area contributed by atoms with Crippen molar-refractivity contribution in [2.45, 2.75) is 6.42 Å². The van der Waals surface area contributed by atoms with Gasteiger partial charge in [0.05, 0.1) is 12.4 Å². The average Bonchev–Trinajstić information content (AvgIpc) is 2.49. The van der Waals surface area contributed by atoms with Crippen molar-refractivity contribution in [3.63, 3.8) is 0 Å². The Balaban J connectivity index is 2.01. The standard InChI is InChI=1S/C12H14N8/c13-2-1-3-15-10-4-11(19-8-18-10)20-12-7-16-9(5-14)6-17-12/h4,6-8H,1-3,13H2,(H2,15,17,18,19,20). The van der Waals surface area contributed by atoms with Crippen LogP contribution in [-0.4, -0.2) is 33.0 Å². The Bertz CT molecular complexity index is 589. The molecule has 8 heteroatoms. The van der Waals surface area contributed by atoms with E-state index in [0.717, 1.165) is 13.0 Å². The highest BCUT2D eigenvalue weighted by Gasteiger charge is 2.01. The molecule has 0 aromatic carbocycles. The van der Waals surface area contributed by atoms with Crippen LogP contribution in [0.3, 0.4) is 0 Å². The molecule has 0 fully saturated rings. The molecule has 2 rings (SSSR count). The van der Waals surface area contributed by atoms with Crippen LogP contribution in [-0.2, 0) is 0 Å². The minimum absolute atomic E-state index is 0.266. The van der Waals surface area contributed by atoms with Crippen LogP contribution >= 0.6 is 0 Å². The summed E-state index contributed by atoms with van der Waals surface area (Å²) in [7, 11) is 0. The third-order valence-electron chi connectivity index (χ3n) is 2.38. The molecular formula is C12H14N8. The van der Waals surface area contributed by atoms with Gasteiger partial charge in [0.15, 0.2) is 5.69 Å². The molecular weight excluding hydrogens is 256 g/mol. The molecule has 102 valence electrons. The number of rotatable bonds is 6. The number of nitrogens with zero attached hydrogens (tertiary/aromatic N) is 5. The number of nitrogens with one attached hydrogen (secondary N) is 2. The lowest BCUT2D eigenvalue weighted by molar-refractivity contribution is 0.869. The largest absolute Gasteiger partial charge is 0.370 e. The van der Waals surface area contributed by atoms with E-state index in [0.29, 0.717) is 24.0 Å². The van der Waals surface area contributed by atoms with Crippen molar-refractivity contribution in [2.75, 3.05) is 23.7 Å². The monoisotopic (exact) mass is 270 g/mol. The van der Waals surface area contributed by atoms with Crippen molar-refractivity contribution in [1.82, 2.24) is 19.9 Å². The van der Waals surface area contributed by atoms with Gasteiger partial charge in [0, 0.05) is 12.6 Å². The molecule has 0 saturated heterocycles. The van der Waals surface area contributed by atoms with E-state index in [2.05, 4.69) is 30.6 Å². The molecule has 0 spiro atoms. The molecule has 0 radical (unpaired) electrons. The number of nitrogens with two attached hydrogens (primary N) is 1. The zero-order valence-electron chi connectivity index (χ0n) is 10.7. The van der Waals surface area contributed by atoms with Gasteiger partial charge in [-0.25, -0.2) is 19.9 Å². The number of anilines is 3. The maximum Gasteiger partial charge on any atom is 0.158 e. The lowest BCUT2D eigenvalue weighted by Gasteiger charge is -2.07. The van der Waals surface area contributed by atoms with Crippen LogP contribution in [0.1, 0.15) is 12.1 Å². The molecule has 0 unspecified atom stereocenters. The second-order valence-electron chi connectivity index (χ2n) is 3.88. The Kier molecular flexibility index (Phi) is 4.75. The fourth-order valence-corrected chi connectivity index (χ4v) is 1.42. The molecule has 0 amide bonds. The lowest BCUT2D eigenvalue weighted by atomic mass is 10.4. The second kappa shape index (κ2) is 6.96. The first-order valence-electron chi connectivity index (χ1n) is 6.07. The van der Waals surface area contributed by atoms with Crippen LogP contribution in [0.4, 0.5) is 17.5 Å². The van der Waals surface area contributed by atoms with E-state index in [9.17, 15) is 0 Å². The maximum atomic E-state index is 8.65. The van der Waals surface area contributed by atoms with Crippen molar-refractivity contribution >= 4 is 17.5 Å². The highest BCUT2D eigenvalue weighted by molar-refractivity contribution is 5.54. The third-order valence-corrected chi connectivity index (χ3v) is 2.38. The SMILES string of the molecule is N#Cc1cnc(Nc2cc(NCCCN)ncn2)cn1. The Hall–Kier alpha value is -2.79. The van der Waals surface area contributed by atoms with E-state index in [4.69, 9.17) is 11.0 Å². The number of hydrogen-bond acceptors (Lipinski definition) is 8. The van der Waals surface area contributed by atoms with E-state index < -0.39 is 0 Å². The molecule has 4 N–H and O–H groups in total. The van der Waals surface area contributed by atoms with Crippen LogP contribution in [0.5, 0.6) is 0 Å². The Morgan fingerprint density at radius 1 is 1.10 bits per heavy atom. The maximum absolute atomic E-state index is 8.65. The second-order valence-corrected chi connectivity index (χ2v) is 3.88. The molecule has 0 aliphatic carbocycles. The van der Waals surface area contributed by atoms with Crippen LogP contribution in [0.2, 0.25) is 0 Å². The van der Waals surface area contributed by atoms with Crippen LogP contribution in [0.15, 0.2) is 24.8 Å². The number of nitriles is 1. The van der Waals surface area contributed by atoms with Gasteiger partial charge in [0.25, 0.3) is 0 Å². The topological polar surface area (TPSA) is 125 Å². The summed E-state index contributed by atoms with van der Waals surface area (Å²) in [4.78, 5) is 16.2. The van der Waals surface area contributed by atoms with Gasteiger partial charge < -0.3 is 16.4 Å². The molecule has 2 aromatic rings. The first kappa shape index (κ1) is 13.6. The summed E-state index contributed by atoms with van der Waals surface area (Å²) in [6.07, 6.45) is 5.18. The quantitative estimate of drug-likeness (QED) is 0.653. The molecule has 2 aromatic heterocycles. The van der Waals surface area contributed by atoms with E-state index >= 15 is 0 Å². The van der Waals surface area contributed by atoms with E-state index in [1.807, 2.05) is 6.07 Å². The first-order valence-corrected chi connectivity index (χ1v) is 6.07. The molecule has 0 bridgehead atoms. The summed E-state index contributed by atoms with van der Waals surface area (Å²) in [6, 6.07) is 3.67. The predicted octanol–water partition coefficient (Wildman–Crippen LogP) is 0.643. The van der Waals surface area contributed by atoms with Crippen LogP contribution in [0.25, 0.3) is 0 Å². The van der Waals surface area contributed by atoms with E-state index in [1.54, 1.807) is 6.07 Å². The Labute approximate surface area is 116 Å². The van der Waals surface area contributed by atoms with Crippen molar-refractivity contribution in [1.29, 1.82) is 5.26 Å². The summed E-state index contributed by atoms with van der Waals surface area (Å²) in [5.74, 6) is 1.81. The summed E-state index contributed by atoms with van der Waals surface area (Å²) in [6.45, 7) is 1.38. The molecule has 0 aliphatic heterocycles. The molecule has 0 atom stereocenters. The van der Waals surface area contributed by atoms with Gasteiger partial charge in [-0.1, -0.05) is 0 Å². The van der Waals surface area contributed by atoms with Crippen molar-refractivity contribution < 1.29 is 0 Å². The predicted molar refractivity (Wildman–Crippen MR) is 74.2 cm³/mol. The minimum atomic E-state index is 0.266. The molecule has 20 heavy (non-hydrogen) atoms. The Morgan fingerprint density at radius 3 is 2.65 bits per heavy atom. The van der Waals surface area contributed by atoms with Gasteiger partial charge in [0.1, 0.15) is 29.9 Å².